The number of anilines is 2. The fraction of sp³-hybridized carbons (Fsp3) is 0.378. The Balaban J connectivity index is 1.13. The molecule has 4 aliphatic rings. The number of amides is 3. The Morgan fingerprint density at radius 3 is 2.26 bits per heavy atom. The van der Waals surface area contributed by atoms with Crippen molar-refractivity contribution in [1.82, 2.24) is 4.90 Å². The van der Waals surface area contributed by atoms with Crippen LogP contribution >= 0.6 is 0 Å². The maximum atomic E-state index is 15.3. The molecule has 4 aromatic rings. The van der Waals surface area contributed by atoms with E-state index >= 15 is 4.79 Å². The monoisotopic (exact) mass is 787 g/mol. The Morgan fingerprint density at radius 1 is 0.912 bits per heavy atom. The van der Waals surface area contributed by atoms with Gasteiger partial charge in [0.2, 0.25) is 11.8 Å². The molecule has 1 N–H and O–H groups in total. The van der Waals surface area contributed by atoms with Crippen LogP contribution in [0.1, 0.15) is 48.9 Å². The Labute approximate surface area is 334 Å². The summed E-state index contributed by atoms with van der Waals surface area (Å²) in [4.78, 5) is 58.9. The highest BCUT2D eigenvalue weighted by atomic mass is 28.3. The Bertz CT molecular complexity index is 2210. The van der Waals surface area contributed by atoms with Gasteiger partial charge in [-0.1, -0.05) is 91.9 Å². The molecule has 1 unspecified atom stereocenters. The summed E-state index contributed by atoms with van der Waals surface area (Å²) >= 11 is 0. The van der Waals surface area contributed by atoms with E-state index in [1.165, 1.54) is 17.0 Å². The molecule has 0 aliphatic carbocycles. The van der Waals surface area contributed by atoms with Crippen molar-refractivity contribution in [3.8, 4) is 5.75 Å². The van der Waals surface area contributed by atoms with Gasteiger partial charge in [-0.15, -0.1) is 0 Å². The number of hydrogen-bond donors (Lipinski definition) is 1. The van der Waals surface area contributed by atoms with E-state index in [4.69, 9.17) is 14.2 Å². The first-order valence-electron chi connectivity index (χ1n) is 19.7. The predicted octanol–water partition coefficient (Wildman–Crippen LogP) is 5.42. The molecule has 296 valence electrons. The normalized spacial score (nSPS) is 25.3. The largest absolute Gasteiger partial charge is 0.497 e. The average Bonchev–Trinajstić information content (AvgIpc) is 3.63. The summed E-state index contributed by atoms with van der Waals surface area (Å²) in [5.41, 5.74) is 3.73. The van der Waals surface area contributed by atoms with Crippen molar-refractivity contribution in [3.63, 3.8) is 0 Å². The van der Waals surface area contributed by atoms with Gasteiger partial charge >= 0.3 is 5.97 Å². The second-order valence-electron chi connectivity index (χ2n) is 16.3. The standard InChI is InChI=1S/C45H49N3O8Si/c1-28-43(57(4,5)36-20-18-35(54-3)19-21-36)39(23-40(51)46-26-32-11-7-6-10-31(32)22-34(46)27-49)56-45(28)37-12-8-9-13-38(37)47(44(45)53)25-30-14-16-33(17-15-30)48-41(52)24-42(48)55-29(2)50/h6-21,28,34,39,42-43,49H,22-27H2,1-5H3/t28-,34-,39+,42?,43-,45+/m0/s1. The molecule has 12 heteroatoms. The van der Waals surface area contributed by atoms with Gasteiger partial charge < -0.3 is 29.1 Å². The molecule has 1 spiro atoms. The molecule has 0 radical (unpaired) electrons. The molecule has 0 saturated carbocycles. The van der Waals surface area contributed by atoms with Gasteiger partial charge in [0, 0.05) is 30.6 Å². The number of β-lactam (4-membered cyclic amide) rings is 1. The number of para-hydroxylation sites is 1. The van der Waals surface area contributed by atoms with Crippen molar-refractivity contribution in [3.05, 3.63) is 119 Å². The van der Waals surface area contributed by atoms with E-state index in [2.05, 4.69) is 38.2 Å². The van der Waals surface area contributed by atoms with E-state index in [0.717, 1.165) is 33.7 Å². The predicted molar refractivity (Wildman–Crippen MR) is 217 cm³/mol. The fourth-order valence-corrected chi connectivity index (χ4v) is 13.9. The number of ether oxygens (including phenoxy) is 3. The molecule has 3 amide bonds. The maximum absolute atomic E-state index is 15.3. The van der Waals surface area contributed by atoms with Gasteiger partial charge in [-0.05, 0) is 59.0 Å². The molecule has 0 aromatic heterocycles. The molecule has 4 heterocycles. The SMILES string of the molecule is COc1ccc([Si](C)(C)[C@@H]2[C@@H](CC(=O)N3Cc4ccccc4C[C@H]3CO)O[C@]3(C(=O)N(Cc4ccc(N5C(=O)CC5OC(C)=O)cc4)c4ccccc43)[C@H]2C)cc1. The van der Waals surface area contributed by atoms with Crippen LogP contribution in [0, 0.1) is 5.92 Å². The van der Waals surface area contributed by atoms with Crippen molar-refractivity contribution < 1.29 is 38.5 Å². The molecule has 0 bridgehead atoms. The van der Waals surface area contributed by atoms with Crippen LogP contribution in [0.15, 0.2) is 97.1 Å². The van der Waals surface area contributed by atoms with Crippen LogP contribution < -0.4 is 19.7 Å². The number of methoxy groups -OCH3 is 1. The van der Waals surface area contributed by atoms with Crippen molar-refractivity contribution >= 4 is 48.3 Å². The molecule has 2 saturated heterocycles. The van der Waals surface area contributed by atoms with E-state index < -0.39 is 32.0 Å². The minimum Gasteiger partial charge on any atom is -0.497 e. The molecule has 2 fully saturated rings. The summed E-state index contributed by atoms with van der Waals surface area (Å²) in [6.07, 6.45) is -0.429. The average molecular weight is 788 g/mol. The molecule has 4 aromatic carbocycles. The summed E-state index contributed by atoms with van der Waals surface area (Å²) in [6.45, 7) is 8.53. The maximum Gasteiger partial charge on any atom is 0.304 e. The summed E-state index contributed by atoms with van der Waals surface area (Å²) in [7, 11) is -0.875. The van der Waals surface area contributed by atoms with E-state index in [1.54, 1.807) is 29.0 Å². The number of fused-ring (bicyclic) bond motifs is 3. The summed E-state index contributed by atoms with van der Waals surface area (Å²) in [6, 6.07) is 31.0. The van der Waals surface area contributed by atoms with Crippen LogP contribution in [0.25, 0.3) is 0 Å². The van der Waals surface area contributed by atoms with Gasteiger partial charge in [0.15, 0.2) is 11.8 Å². The zero-order valence-electron chi connectivity index (χ0n) is 33.0. The van der Waals surface area contributed by atoms with Gasteiger partial charge in [-0.3, -0.25) is 24.1 Å². The number of aliphatic hydroxyl groups is 1. The van der Waals surface area contributed by atoms with Gasteiger partial charge in [0.05, 0.1) is 59.0 Å². The molecule has 57 heavy (non-hydrogen) atoms. The van der Waals surface area contributed by atoms with Gasteiger partial charge in [0.25, 0.3) is 5.91 Å². The lowest BCUT2D eigenvalue weighted by atomic mass is 9.82. The quantitative estimate of drug-likeness (QED) is 0.128. The van der Waals surface area contributed by atoms with E-state index in [0.29, 0.717) is 18.7 Å². The number of esters is 1. The number of benzene rings is 4. The lowest BCUT2D eigenvalue weighted by molar-refractivity contribution is -0.154. The van der Waals surface area contributed by atoms with E-state index in [9.17, 15) is 19.5 Å². The van der Waals surface area contributed by atoms with Crippen molar-refractivity contribution in [2.45, 2.75) is 88.8 Å². The van der Waals surface area contributed by atoms with Gasteiger partial charge in [0.1, 0.15) is 5.75 Å². The summed E-state index contributed by atoms with van der Waals surface area (Å²) in [5.74, 6) is -0.401. The Kier molecular flexibility index (Phi) is 10.1. The van der Waals surface area contributed by atoms with Crippen LogP contribution in [0.5, 0.6) is 5.75 Å². The molecule has 4 aliphatic heterocycles. The van der Waals surface area contributed by atoms with Crippen LogP contribution in [-0.2, 0) is 53.8 Å². The van der Waals surface area contributed by atoms with Gasteiger partial charge in [-0.25, -0.2) is 0 Å². The van der Waals surface area contributed by atoms with Crippen LogP contribution in [0.4, 0.5) is 11.4 Å². The molecule has 8 rings (SSSR count). The Morgan fingerprint density at radius 2 is 1.60 bits per heavy atom. The minimum absolute atomic E-state index is 0.0719. The van der Waals surface area contributed by atoms with Crippen molar-refractivity contribution in [1.29, 1.82) is 0 Å². The summed E-state index contributed by atoms with van der Waals surface area (Å²) in [5, 5.41) is 11.6. The third-order valence-electron chi connectivity index (χ3n) is 12.8. The highest BCUT2D eigenvalue weighted by Crippen LogP contribution is 2.60. The van der Waals surface area contributed by atoms with Crippen molar-refractivity contribution in [2.24, 2.45) is 5.92 Å². The fourth-order valence-electron chi connectivity index (χ4n) is 9.88. The zero-order chi connectivity index (χ0) is 40.2. The van der Waals surface area contributed by atoms with Crippen molar-refractivity contribution in [2.75, 3.05) is 23.5 Å². The smallest absolute Gasteiger partial charge is 0.304 e. The number of carbonyl (C=O) groups is 4. The molecular formula is C45H49N3O8Si. The first-order valence-corrected chi connectivity index (χ1v) is 22.7. The molecular weight excluding hydrogens is 739 g/mol. The number of hydrogen-bond acceptors (Lipinski definition) is 8. The summed E-state index contributed by atoms with van der Waals surface area (Å²) < 4.78 is 18.0. The van der Waals surface area contributed by atoms with Gasteiger partial charge in [-0.2, -0.15) is 0 Å². The third kappa shape index (κ3) is 6.53. The van der Waals surface area contributed by atoms with E-state index in [-0.39, 0.29) is 61.2 Å². The zero-order valence-corrected chi connectivity index (χ0v) is 34.0. The highest BCUT2D eigenvalue weighted by molar-refractivity contribution is 6.91. The lowest BCUT2D eigenvalue weighted by Crippen LogP contribution is -2.54. The minimum atomic E-state index is -2.52. The third-order valence-corrected chi connectivity index (χ3v) is 17.1. The second kappa shape index (κ2) is 14.9. The number of aliphatic hydroxyl groups excluding tert-OH is 1. The molecule has 6 atom stereocenters. The number of carbonyl (C=O) groups excluding carboxylic acids is 4. The van der Waals surface area contributed by atoms with E-state index in [1.807, 2.05) is 66.7 Å². The lowest BCUT2D eigenvalue weighted by Gasteiger charge is -2.39. The Hall–Kier alpha value is -5.30. The number of nitrogens with zero attached hydrogens (tertiary/aromatic N) is 3. The topological polar surface area (TPSA) is 126 Å². The van der Waals surface area contributed by atoms with Crippen LogP contribution in [-0.4, -0.2) is 73.9 Å². The highest BCUT2D eigenvalue weighted by Gasteiger charge is 2.66. The first-order chi connectivity index (χ1) is 27.4. The van der Waals surface area contributed by atoms with Crippen LogP contribution in [0.2, 0.25) is 18.6 Å². The number of rotatable bonds is 10. The van der Waals surface area contributed by atoms with Crippen LogP contribution in [0.3, 0.4) is 0 Å². The molecule has 11 nitrogen and oxygen atoms in total. The second-order valence-corrected chi connectivity index (χ2v) is 21.0. The first kappa shape index (κ1) is 38.6.